The Hall–Kier alpha value is -5.70. The number of pyridine rings is 1. The second-order valence-corrected chi connectivity index (χ2v) is 17.8. The molecule has 5 rings (SSSR count). The van der Waals surface area contributed by atoms with Crippen molar-refractivity contribution >= 4 is 44.7 Å². The molecule has 0 bridgehead atoms. The monoisotopic (exact) mass is 829 g/mol. The van der Waals surface area contributed by atoms with Gasteiger partial charge in [0, 0.05) is 29.5 Å². The predicted octanol–water partition coefficient (Wildman–Crippen LogP) is 5.78. The lowest BCUT2D eigenvalue weighted by Gasteiger charge is -2.31. The Balaban J connectivity index is 1.44. The number of alkyl carbamates (subject to hydrolysis) is 1. The van der Waals surface area contributed by atoms with E-state index in [0.29, 0.717) is 34.5 Å². The standard InChI is InChI=1S/C44H55N5O9S/c1-8-15-34(40(50)48-59(54,55)23-22-29-16-11-9-12-17-29)46-41(51)37-25-32(27-49(37)42(52)39(28(2)3)47-43(53)58-44(4,5)6)57-38-26-35(30-18-13-10-14-19-30)45-36-24-31(56-7)20-21-33(36)38/h9-14,16-21,24,26,28,32,34,37,39H,8,15,22-23,25,27H2,1-7H3,(H,46,51)(H,47,53)(H,48,50)/t32?,34-,37?,39-/m0/s1. The smallest absolute Gasteiger partial charge is 0.408 e. The Labute approximate surface area is 346 Å². The van der Waals surface area contributed by atoms with Gasteiger partial charge in [0.05, 0.1) is 30.6 Å². The van der Waals surface area contributed by atoms with Gasteiger partial charge in [0.1, 0.15) is 41.3 Å². The molecule has 4 atom stereocenters. The van der Waals surface area contributed by atoms with Crippen LogP contribution in [-0.4, -0.2) is 91.4 Å². The highest BCUT2D eigenvalue weighted by Gasteiger charge is 2.45. The zero-order valence-corrected chi connectivity index (χ0v) is 35.5. The van der Waals surface area contributed by atoms with Crippen molar-refractivity contribution in [3.8, 4) is 22.8 Å². The van der Waals surface area contributed by atoms with Crippen LogP contribution in [0.1, 0.15) is 66.4 Å². The van der Waals surface area contributed by atoms with Gasteiger partial charge in [0.2, 0.25) is 21.8 Å². The minimum atomic E-state index is -4.06. The molecule has 4 amide bonds. The molecule has 3 N–H and O–H groups in total. The molecular formula is C44H55N5O9S. The highest BCUT2D eigenvalue weighted by Crippen LogP contribution is 2.35. The molecule has 59 heavy (non-hydrogen) atoms. The van der Waals surface area contributed by atoms with E-state index in [1.165, 1.54) is 4.90 Å². The first-order chi connectivity index (χ1) is 28.0. The minimum absolute atomic E-state index is 0.0192. The van der Waals surface area contributed by atoms with E-state index in [2.05, 4.69) is 15.4 Å². The van der Waals surface area contributed by atoms with Gasteiger partial charge in [-0.05, 0) is 57.2 Å². The molecule has 3 aromatic carbocycles. The SMILES string of the molecule is CCC[C@H](NC(=O)C1CC(Oc2cc(-c3ccccc3)nc3cc(OC)ccc23)CN1C(=O)[C@@H](NC(=O)OC(C)(C)C)C(C)C)C(=O)NS(=O)(=O)CCc1ccccc1. The van der Waals surface area contributed by atoms with E-state index in [4.69, 9.17) is 19.2 Å². The summed E-state index contributed by atoms with van der Waals surface area (Å²) in [4.78, 5) is 61.5. The lowest BCUT2D eigenvalue weighted by molar-refractivity contribution is -0.141. The van der Waals surface area contributed by atoms with Crippen LogP contribution < -0.4 is 24.8 Å². The number of likely N-dealkylation sites (tertiary alicyclic amines) is 1. The van der Waals surface area contributed by atoms with Gasteiger partial charge in [-0.3, -0.25) is 19.1 Å². The second-order valence-electron chi connectivity index (χ2n) is 16.0. The molecule has 1 aromatic heterocycles. The average Bonchev–Trinajstić information content (AvgIpc) is 3.62. The van der Waals surface area contributed by atoms with Gasteiger partial charge in [0.15, 0.2) is 0 Å². The van der Waals surface area contributed by atoms with Crippen LogP contribution in [0, 0.1) is 5.92 Å². The van der Waals surface area contributed by atoms with Crippen LogP contribution >= 0.6 is 0 Å². The first kappa shape index (κ1) is 44.4. The number of hydrogen-bond acceptors (Lipinski definition) is 10. The number of methoxy groups -OCH3 is 1. The molecule has 14 nitrogen and oxygen atoms in total. The number of carbonyl (C=O) groups excluding carboxylic acids is 4. The first-order valence-corrected chi connectivity index (χ1v) is 21.5. The molecule has 1 fully saturated rings. The van der Waals surface area contributed by atoms with Crippen molar-refractivity contribution in [1.82, 2.24) is 25.2 Å². The van der Waals surface area contributed by atoms with Crippen molar-refractivity contribution in [2.75, 3.05) is 19.4 Å². The summed E-state index contributed by atoms with van der Waals surface area (Å²) in [6.45, 7) is 10.4. The number of ether oxygens (including phenoxy) is 3. The molecule has 316 valence electrons. The number of sulfonamides is 1. The molecule has 0 spiro atoms. The van der Waals surface area contributed by atoms with Crippen LogP contribution in [0.4, 0.5) is 4.79 Å². The largest absolute Gasteiger partial charge is 0.497 e. The van der Waals surface area contributed by atoms with Crippen molar-refractivity contribution in [3.63, 3.8) is 0 Å². The number of rotatable bonds is 16. The van der Waals surface area contributed by atoms with Gasteiger partial charge in [0.25, 0.3) is 5.91 Å². The average molecular weight is 830 g/mol. The Kier molecular flexibility index (Phi) is 14.6. The van der Waals surface area contributed by atoms with Crippen LogP contribution in [0.2, 0.25) is 0 Å². The number of amides is 4. The lowest BCUT2D eigenvalue weighted by Crippen LogP contribution is -2.57. The molecule has 0 saturated carbocycles. The molecule has 1 aliphatic heterocycles. The fourth-order valence-corrected chi connectivity index (χ4v) is 7.89. The van der Waals surface area contributed by atoms with E-state index in [1.54, 1.807) is 85.1 Å². The van der Waals surface area contributed by atoms with Gasteiger partial charge >= 0.3 is 6.09 Å². The molecule has 2 heterocycles. The number of hydrogen-bond donors (Lipinski definition) is 3. The Bertz CT molecular complexity index is 2210. The Morgan fingerprint density at radius 2 is 1.61 bits per heavy atom. The lowest BCUT2D eigenvalue weighted by atomic mass is 10.0. The number of aryl methyl sites for hydroxylation is 1. The summed E-state index contributed by atoms with van der Waals surface area (Å²) in [5, 5.41) is 6.10. The first-order valence-electron chi connectivity index (χ1n) is 19.9. The van der Waals surface area contributed by atoms with Gasteiger partial charge < -0.3 is 29.7 Å². The van der Waals surface area contributed by atoms with Crippen molar-refractivity contribution < 1.29 is 41.8 Å². The Morgan fingerprint density at radius 3 is 2.24 bits per heavy atom. The van der Waals surface area contributed by atoms with E-state index in [0.717, 1.165) is 11.1 Å². The zero-order chi connectivity index (χ0) is 42.9. The third kappa shape index (κ3) is 12.2. The van der Waals surface area contributed by atoms with E-state index in [-0.39, 0.29) is 31.6 Å². The summed E-state index contributed by atoms with van der Waals surface area (Å²) < 4.78 is 45.8. The highest BCUT2D eigenvalue weighted by atomic mass is 32.2. The molecule has 15 heteroatoms. The third-order valence-corrected chi connectivity index (χ3v) is 11.0. The highest BCUT2D eigenvalue weighted by molar-refractivity contribution is 7.90. The maximum atomic E-state index is 14.5. The van der Waals surface area contributed by atoms with Crippen LogP contribution in [0.5, 0.6) is 11.5 Å². The van der Waals surface area contributed by atoms with Gasteiger partial charge in [-0.1, -0.05) is 87.9 Å². The van der Waals surface area contributed by atoms with Crippen LogP contribution in [-0.2, 0) is 35.6 Å². The predicted molar refractivity (Wildman–Crippen MR) is 225 cm³/mol. The van der Waals surface area contributed by atoms with E-state index >= 15 is 0 Å². The number of benzene rings is 3. The molecule has 0 radical (unpaired) electrons. The van der Waals surface area contributed by atoms with Gasteiger partial charge in [-0.2, -0.15) is 0 Å². The van der Waals surface area contributed by atoms with Crippen molar-refractivity contribution in [2.45, 2.75) is 97.1 Å². The summed E-state index contributed by atoms with van der Waals surface area (Å²) in [6.07, 6.45) is -0.729. The zero-order valence-electron chi connectivity index (χ0n) is 34.7. The van der Waals surface area contributed by atoms with E-state index in [9.17, 15) is 27.6 Å². The normalized spacial score (nSPS) is 16.6. The van der Waals surface area contributed by atoms with Crippen LogP contribution in [0.15, 0.2) is 84.9 Å². The van der Waals surface area contributed by atoms with Crippen molar-refractivity contribution in [3.05, 3.63) is 90.5 Å². The molecule has 1 aliphatic rings. The fraction of sp³-hybridized carbons (Fsp3) is 0.432. The molecule has 0 aliphatic carbocycles. The molecule has 4 aromatic rings. The number of aromatic nitrogens is 1. The van der Waals surface area contributed by atoms with Crippen LogP contribution in [0.3, 0.4) is 0 Å². The van der Waals surface area contributed by atoms with Gasteiger partial charge in [-0.25, -0.2) is 18.2 Å². The van der Waals surface area contributed by atoms with Crippen molar-refractivity contribution in [1.29, 1.82) is 0 Å². The fourth-order valence-electron chi connectivity index (χ4n) is 6.84. The molecular weight excluding hydrogens is 775 g/mol. The maximum Gasteiger partial charge on any atom is 0.408 e. The molecule has 1 saturated heterocycles. The third-order valence-electron chi connectivity index (χ3n) is 9.76. The topological polar surface area (TPSA) is 182 Å². The number of carbonyl (C=O) groups is 4. The Morgan fingerprint density at radius 1 is 0.932 bits per heavy atom. The maximum absolute atomic E-state index is 14.5. The van der Waals surface area contributed by atoms with E-state index < -0.39 is 69.6 Å². The van der Waals surface area contributed by atoms with Crippen LogP contribution in [0.25, 0.3) is 22.2 Å². The summed E-state index contributed by atoms with van der Waals surface area (Å²) in [5.41, 5.74) is 2.05. The summed E-state index contributed by atoms with van der Waals surface area (Å²) in [7, 11) is -2.49. The van der Waals surface area contributed by atoms with Crippen molar-refractivity contribution in [2.24, 2.45) is 5.92 Å². The quantitative estimate of drug-likeness (QED) is 0.125. The minimum Gasteiger partial charge on any atom is -0.497 e. The summed E-state index contributed by atoms with van der Waals surface area (Å²) in [5.74, 6) is -1.78. The number of nitrogens with zero attached hydrogens (tertiary/aromatic N) is 2. The summed E-state index contributed by atoms with van der Waals surface area (Å²) in [6, 6.07) is 22.4. The summed E-state index contributed by atoms with van der Waals surface area (Å²) >= 11 is 0. The second kappa shape index (κ2) is 19.4. The van der Waals surface area contributed by atoms with E-state index in [1.807, 2.05) is 48.5 Å². The number of nitrogens with one attached hydrogen (secondary N) is 3. The van der Waals surface area contributed by atoms with Gasteiger partial charge in [-0.15, -0.1) is 0 Å². The number of fused-ring (bicyclic) bond motifs is 1. The molecule has 2 unspecified atom stereocenters.